The maximum absolute atomic E-state index is 9.59. The first-order valence-corrected chi connectivity index (χ1v) is 7.84. The van der Waals surface area contributed by atoms with Crippen molar-refractivity contribution in [2.75, 3.05) is 7.11 Å². The number of methoxy groups -OCH3 is 1. The minimum atomic E-state index is -0.245. The SMILES string of the molecule is CC.CCC[n+]1c(C)sc2ccccc21.COC(C)=O. The summed E-state index contributed by atoms with van der Waals surface area (Å²) >= 11 is 1.88. The predicted molar refractivity (Wildman–Crippen MR) is 86.1 cm³/mol. The fourth-order valence-corrected chi connectivity index (χ4v) is 2.70. The molecule has 0 amide bonds. The van der Waals surface area contributed by atoms with Gasteiger partial charge in [-0.05, 0) is 6.07 Å². The molecule has 3 nitrogen and oxygen atoms in total. The van der Waals surface area contributed by atoms with E-state index in [0.29, 0.717) is 0 Å². The van der Waals surface area contributed by atoms with Gasteiger partial charge in [0.2, 0.25) is 10.5 Å². The van der Waals surface area contributed by atoms with E-state index in [2.05, 4.69) is 47.4 Å². The van der Waals surface area contributed by atoms with Gasteiger partial charge in [0.1, 0.15) is 11.2 Å². The van der Waals surface area contributed by atoms with Gasteiger partial charge in [0.05, 0.1) is 7.11 Å². The Morgan fingerprint density at radius 3 is 2.35 bits per heavy atom. The zero-order chi connectivity index (χ0) is 15.5. The number of rotatable bonds is 2. The Balaban J connectivity index is 0.000000441. The molecule has 0 bridgehead atoms. The highest BCUT2D eigenvalue weighted by molar-refractivity contribution is 7.18. The molecule has 112 valence electrons. The molecule has 0 aliphatic carbocycles. The van der Waals surface area contributed by atoms with Gasteiger partial charge in [-0.25, -0.2) is 0 Å². The second kappa shape index (κ2) is 10.4. The van der Waals surface area contributed by atoms with Crippen LogP contribution in [0.3, 0.4) is 0 Å². The van der Waals surface area contributed by atoms with Gasteiger partial charge in [-0.15, -0.1) is 0 Å². The predicted octanol–water partition coefficient (Wildman–Crippen LogP) is 4.11. The second-order valence-corrected chi connectivity index (χ2v) is 5.17. The first-order valence-electron chi connectivity index (χ1n) is 7.02. The van der Waals surface area contributed by atoms with Crippen LogP contribution in [-0.2, 0) is 16.1 Å². The van der Waals surface area contributed by atoms with Crippen molar-refractivity contribution in [3.63, 3.8) is 0 Å². The van der Waals surface area contributed by atoms with E-state index in [9.17, 15) is 4.79 Å². The number of carbonyl (C=O) groups excluding carboxylic acids is 1. The molecule has 0 spiro atoms. The van der Waals surface area contributed by atoms with E-state index in [-0.39, 0.29) is 5.97 Å². The number of esters is 1. The van der Waals surface area contributed by atoms with Crippen molar-refractivity contribution in [3.05, 3.63) is 29.3 Å². The van der Waals surface area contributed by atoms with Crippen LogP contribution in [0, 0.1) is 6.92 Å². The summed E-state index contributed by atoms with van der Waals surface area (Å²) in [6.07, 6.45) is 1.20. The Hall–Kier alpha value is -1.42. The molecule has 0 atom stereocenters. The molecule has 0 fully saturated rings. The van der Waals surface area contributed by atoms with Gasteiger partial charge in [0.25, 0.3) is 0 Å². The number of ether oxygens (including phenoxy) is 1. The van der Waals surface area contributed by atoms with Crippen molar-refractivity contribution in [2.45, 2.75) is 47.6 Å². The number of benzene rings is 1. The van der Waals surface area contributed by atoms with E-state index in [1.54, 1.807) is 0 Å². The Morgan fingerprint density at radius 2 is 1.85 bits per heavy atom. The number of carbonyl (C=O) groups is 1. The highest BCUT2D eigenvalue weighted by Gasteiger charge is 2.14. The number of aromatic nitrogens is 1. The maximum atomic E-state index is 9.59. The van der Waals surface area contributed by atoms with Crippen LogP contribution < -0.4 is 4.57 Å². The largest absolute Gasteiger partial charge is 0.469 e. The summed E-state index contributed by atoms with van der Waals surface area (Å²) in [5.41, 5.74) is 1.38. The number of thiazole rings is 1. The lowest BCUT2D eigenvalue weighted by Gasteiger charge is -1.91. The summed E-state index contributed by atoms with van der Waals surface area (Å²) in [5.74, 6) is -0.245. The van der Waals surface area contributed by atoms with E-state index in [1.807, 2.05) is 25.2 Å². The van der Waals surface area contributed by atoms with Gasteiger partial charge < -0.3 is 4.74 Å². The van der Waals surface area contributed by atoms with Crippen molar-refractivity contribution in [3.8, 4) is 0 Å². The van der Waals surface area contributed by atoms with E-state index >= 15 is 0 Å². The summed E-state index contributed by atoms with van der Waals surface area (Å²) in [6.45, 7) is 10.9. The molecule has 1 aromatic heterocycles. The van der Waals surface area contributed by atoms with Crippen LogP contribution >= 0.6 is 11.3 Å². The summed E-state index contributed by atoms with van der Waals surface area (Å²) in [7, 11) is 1.35. The molecule has 0 aliphatic rings. The van der Waals surface area contributed by atoms with E-state index < -0.39 is 0 Å². The Labute approximate surface area is 126 Å². The van der Waals surface area contributed by atoms with Crippen LogP contribution in [0.2, 0.25) is 0 Å². The summed E-state index contributed by atoms with van der Waals surface area (Å²) in [6, 6.07) is 8.61. The lowest BCUT2D eigenvalue weighted by Crippen LogP contribution is -2.34. The number of fused-ring (bicyclic) bond motifs is 1. The van der Waals surface area contributed by atoms with Gasteiger partial charge in [-0.3, -0.25) is 4.79 Å². The zero-order valence-electron chi connectivity index (χ0n) is 13.4. The third-order valence-corrected chi connectivity index (χ3v) is 3.61. The molecule has 0 aliphatic heterocycles. The molecule has 0 N–H and O–H groups in total. The average molecular weight is 296 g/mol. The van der Waals surface area contributed by atoms with Gasteiger partial charge in [-0.2, -0.15) is 4.57 Å². The number of hydrogen-bond acceptors (Lipinski definition) is 3. The Bertz CT molecular complexity index is 520. The molecule has 1 heterocycles. The molecular weight excluding hydrogens is 270 g/mol. The number of nitrogens with zero attached hydrogens (tertiary/aromatic N) is 1. The third kappa shape index (κ3) is 5.70. The molecule has 4 heteroatoms. The van der Waals surface area contributed by atoms with Crippen molar-refractivity contribution in [2.24, 2.45) is 0 Å². The first-order chi connectivity index (χ1) is 9.60. The van der Waals surface area contributed by atoms with Crippen LogP contribution in [0.25, 0.3) is 10.2 Å². The van der Waals surface area contributed by atoms with E-state index in [0.717, 1.165) is 6.54 Å². The van der Waals surface area contributed by atoms with Gasteiger partial charge in [0, 0.05) is 26.3 Å². The molecule has 2 aromatic rings. The topological polar surface area (TPSA) is 30.2 Å². The number of aryl methyl sites for hydroxylation is 2. The summed E-state index contributed by atoms with van der Waals surface area (Å²) in [4.78, 5) is 9.59. The lowest BCUT2D eigenvalue weighted by molar-refractivity contribution is -0.672. The van der Waals surface area contributed by atoms with E-state index in [1.165, 1.54) is 35.7 Å². The molecule has 20 heavy (non-hydrogen) atoms. The van der Waals surface area contributed by atoms with Crippen LogP contribution in [0.4, 0.5) is 0 Å². The summed E-state index contributed by atoms with van der Waals surface area (Å²) < 4.78 is 7.91. The first kappa shape index (κ1) is 18.6. The normalized spacial score (nSPS) is 9.10. The molecule has 0 radical (unpaired) electrons. The van der Waals surface area contributed by atoms with Crippen LogP contribution in [0.15, 0.2) is 24.3 Å². The maximum Gasteiger partial charge on any atom is 0.302 e. The second-order valence-electron chi connectivity index (χ2n) is 3.94. The molecule has 2 rings (SSSR count). The lowest BCUT2D eigenvalue weighted by atomic mass is 10.3. The minimum Gasteiger partial charge on any atom is -0.469 e. The highest BCUT2D eigenvalue weighted by Crippen LogP contribution is 2.19. The van der Waals surface area contributed by atoms with Crippen molar-refractivity contribution < 1.29 is 14.1 Å². The van der Waals surface area contributed by atoms with Gasteiger partial charge in [0.15, 0.2) is 0 Å². The van der Waals surface area contributed by atoms with Gasteiger partial charge in [-0.1, -0.05) is 44.2 Å². The van der Waals surface area contributed by atoms with Crippen LogP contribution in [0.1, 0.15) is 39.1 Å². The molecule has 1 aromatic carbocycles. The Morgan fingerprint density at radius 1 is 1.30 bits per heavy atom. The number of para-hydroxylation sites is 1. The smallest absolute Gasteiger partial charge is 0.302 e. The number of hydrogen-bond donors (Lipinski definition) is 0. The van der Waals surface area contributed by atoms with Crippen LogP contribution in [-0.4, -0.2) is 13.1 Å². The highest BCUT2D eigenvalue weighted by atomic mass is 32.1. The molecule has 0 saturated carbocycles. The average Bonchev–Trinajstić information content (AvgIpc) is 2.79. The van der Waals surface area contributed by atoms with Crippen LogP contribution in [0.5, 0.6) is 0 Å². The van der Waals surface area contributed by atoms with Crippen molar-refractivity contribution in [1.29, 1.82) is 0 Å². The zero-order valence-corrected chi connectivity index (χ0v) is 14.2. The molecule has 0 saturated heterocycles. The Kier molecular flexibility index (Phi) is 9.64. The monoisotopic (exact) mass is 296 g/mol. The fraction of sp³-hybridized carbons (Fsp3) is 0.500. The minimum absolute atomic E-state index is 0.245. The molecule has 0 unspecified atom stereocenters. The fourth-order valence-electron chi connectivity index (χ4n) is 1.65. The van der Waals surface area contributed by atoms with Crippen molar-refractivity contribution in [1.82, 2.24) is 0 Å². The van der Waals surface area contributed by atoms with Crippen molar-refractivity contribution >= 4 is 27.5 Å². The summed E-state index contributed by atoms with van der Waals surface area (Å²) in [5, 5.41) is 1.41. The van der Waals surface area contributed by atoms with Gasteiger partial charge >= 0.3 is 5.97 Å². The van der Waals surface area contributed by atoms with E-state index in [4.69, 9.17) is 0 Å². The third-order valence-electron chi connectivity index (χ3n) is 2.53. The molecular formula is C16H26NO2S+. The quantitative estimate of drug-likeness (QED) is 0.616. The standard InChI is InChI=1S/C11H14NS.C3H6O2.C2H6/c1-3-8-12-9(2)13-11-7-5-4-6-10(11)12;1-3(4)5-2;1-2/h4-7H,3,8H2,1-2H3;1-2H3;1-2H3/q+1;;.